The molecular formula is C15H23N3O2. The Bertz CT molecular complexity index is 493. The van der Waals surface area contributed by atoms with Gasteiger partial charge in [0, 0.05) is 13.2 Å². The lowest BCUT2D eigenvalue weighted by Gasteiger charge is -2.25. The van der Waals surface area contributed by atoms with E-state index in [1.807, 2.05) is 0 Å². The molecule has 4 rings (SSSR count). The quantitative estimate of drug-likeness (QED) is 0.917. The molecule has 4 unspecified atom stereocenters. The van der Waals surface area contributed by atoms with Gasteiger partial charge < -0.3 is 15.0 Å². The zero-order chi connectivity index (χ0) is 13.7. The number of ether oxygens (including phenoxy) is 1. The molecule has 3 saturated carbocycles. The van der Waals surface area contributed by atoms with E-state index < -0.39 is 0 Å². The van der Waals surface area contributed by atoms with Crippen molar-refractivity contribution in [1.29, 1.82) is 0 Å². The van der Waals surface area contributed by atoms with E-state index in [0.29, 0.717) is 11.8 Å². The molecule has 0 aromatic carbocycles. The fourth-order valence-corrected chi connectivity index (χ4v) is 4.72. The van der Waals surface area contributed by atoms with Gasteiger partial charge in [-0.15, -0.1) is 0 Å². The van der Waals surface area contributed by atoms with Crippen LogP contribution in [0.25, 0.3) is 0 Å². The van der Waals surface area contributed by atoms with Crippen LogP contribution in [0.1, 0.15) is 62.6 Å². The zero-order valence-corrected chi connectivity index (χ0v) is 12.0. The molecule has 1 aromatic rings. The molecule has 1 aromatic heterocycles. The number of rotatable bonds is 3. The Morgan fingerprint density at radius 3 is 2.65 bits per heavy atom. The lowest BCUT2D eigenvalue weighted by atomic mass is 9.85. The third-order valence-electron chi connectivity index (χ3n) is 5.92. The Kier molecular flexibility index (Phi) is 2.89. The van der Waals surface area contributed by atoms with Gasteiger partial charge >= 0.3 is 0 Å². The summed E-state index contributed by atoms with van der Waals surface area (Å²) in [5.74, 6) is 3.06. The van der Waals surface area contributed by atoms with Gasteiger partial charge in [-0.3, -0.25) is 0 Å². The maximum absolute atomic E-state index is 6.37. The average molecular weight is 277 g/mol. The minimum Gasteiger partial charge on any atom is -0.370 e. The summed E-state index contributed by atoms with van der Waals surface area (Å²) >= 11 is 0. The Balaban J connectivity index is 1.62. The Hall–Kier alpha value is -0.940. The monoisotopic (exact) mass is 277 g/mol. The number of nitrogens with two attached hydrogens (primary N) is 1. The predicted octanol–water partition coefficient (Wildman–Crippen LogP) is 2.33. The second-order valence-corrected chi connectivity index (χ2v) is 6.80. The predicted molar refractivity (Wildman–Crippen MR) is 73.0 cm³/mol. The van der Waals surface area contributed by atoms with E-state index in [1.54, 1.807) is 7.11 Å². The van der Waals surface area contributed by atoms with E-state index >= 15 is 0 Å². The summed E-state index contributed by atoms with van der Waals surface area (Å²) in [6.45, 7) is 0. The summed E-state index contributed by atoms with van der Waals surface area (Å²) in [5.41, 5.74) is 6.05. The first kappa shape index (κ1) is 12.8. The number of fused-ring (bicyclic) bond motifs is 2. The molecule has 0 spiro atoms. The number of nitrogens with zero attached hydrogens (tertiary/aromatic N) is 2. The smallest absolute Gasteiger partial charge is 0.231 e. The molecule has 20 heavy (non-hydrogen) atoms. The highest BCUT2D eigenvalue weighted by Gasteiger charge is 2.50. The number of aromatic nitrogens is 2. The van der Waals surface area contributed by atoms with Gasteiger partial charge in [0.25, 0.3) is 0 Å². The Morgan fingerprint density at radius 2 is 2.00 bits per heavy atom. The molecule has 2 N–H and O–H groups in total. The van der Waals surface area contributed by atoms with E-state index in [0.717, 1.165) is 24.6 Å². The molecule has 0 saturated heterocycles. The number of methoxy groups -OCH3 is 1. The van der Waals surface area contributed by atoms with Crippen molar-refractivity contribution in [2.24, 2.45) is 17.6 Å². The van der Waals surface area contributed by atoms with Gasteiger partial charge in [-0.05, 0) is 56.8 Å². The summed E-state index contributed by atoms with van der Waals surface area (Å²) in [6, 6.07) is 0.198. The molecule has 2 bridgehead atoms. The van der Waals surface area contributed by atoms with Crippen LogP contribution in [-0.4, -0.2) is 23.3 Å². The van der Waals surface area contributed by atoms with Crippen molar-refractivity contribution >= 4 is 0 Å². The largest absolute Gasteiger partial charge is 0.370 e. The zero-order valence-electron chi connectivity index (χ0n) is 12.0. The van der Waals surface area contributed by atoms with Crippen LogP contribution < -0.4 is 5.73 Å². The molecule has 5 nitrogen and oxygen atoms in total. The third-order valence-corrected chi connectivity index (χ3v) is 5.92. The van der Waals surface area contributed by atoms with E-state index in [2.05, 4.69) is 5.16 Å². The minimum absolute atomic E-state index is 0.198. The Morgan fingerprint density at radius 1 is 1.25 bits per heavy atom. The van der Waals surface area contributed by atoms with Crippen LogP contribution in [0.3, 0.4) is 0 Å². The summed E-state index contributed by atoms with van der Waals surface area (Å²) in [4.78, 5) is 4.70. The second kappa shape index (κ2) is 4.53. The van der Waals surface area contributed by atoms with Gasteiger partial charge in [-0.1, -0.05) is 5.16 Å². The van der Waals surface area contributed by atoms with Crippen molar-refractivity contribution < 1.29 is 9.26 Å². The minimum atomic E-state index is -0.316. The Labute approximate surface area is 119 Å². The van der Waals surface area contributed by atoms with Gasteiger partial charge in [0.15, 0.2) is 0 Å². The molecule has 1 heterocycles. The van der Waals surface area contributed by atoms with Crippen molar-refractivity contribution in [3.63, 3.8) is 0 Å². The summed E-state index contributed by atoms with van der Waals surface area (Å²) in [5, 5.41) is 4.24. The highest BCUT2D eigenvalue weighted by atomic mass is 16.5. The molecule has 3 fully saturated rings. The van der Waals surface area contributed by atoms with Crippen LogP contribution in [0.4, 0.5) is 0 Å². The van der Waals surface area contributed by atoms with Crippen LogP contribution in [0.5, 0.6) is 0 Å². The van der Waals surface area contributed by atoms with E-state index in [-0.39, 0.29) is 17.6 Å². The van der Waals surface area contributed by atoms with E-state index in [9.17, 15) is 0 Å². The van der Waals surface area contributed by atoms with Crippen molar-refractivity contribution in [2.75, 3.05) is 7.11 Å². The molecule has 0 aliphatic heterocycles. The first-order chi connectivity index (χ1) is 9.73. The summed E-state index contributed by atoms with van der Waals surface area (Å²) in [6.07, 6.45) is 8.09. The van der Waals surface area contributed by atoms with Crippen LogP contribution >= 0.6 is 0 Å². The van der Waals surface area contributed by atoms with Crippen LogP contribution in [0, 0.1) is 11.8 Å². The molecule has 3 aliphatic rings. The maximum Gasteiger partial charge on any atom is 0.231 e. The lowest BCUT2D eigenvalue weighted by Crippen LogP contribution is -2.34. The molecule has 3 aliphatic carbocycles. The highest BCUT2D eigenvalue weighted by molar-refractivity contribution is 5.13. The fourth-order valence-electron chi connectivity index (χ4n) is 4.72. The normalized spacial score (nSPS) is 38.7. The second-order valence-electron chi connectivity index (χ2n) is 6.80. The van der Waals surface area contributed by atoms with Crippen molar-refractivity contribution in [2.45, 2.75) is 62.5 Å². The van der Waals surface area contributed by atoms with Crippen LogP contribution in [-0.2, 0) is 10.3 Å². The fraction of sp³-hybridized carbons (Fsp3) is 0.867. The maximum atomic E-state index is 6.37. The average Bonchev–Trinajstić information content (AvgIpc) is 3.22. The molecule has 0 radical (unpaired) electrons. The summed E-state index contributed by atoms with van der Waals surface area (Å²) < 4.78 is 11.3. The first-order valence-corrected chi connectivity index (χ1v) is 7.88. The molecule has 4 atom stereocenters. The van der Waals surface area contributed by atoms with Crippen molar-refractivity contribution in [3.8, 4) is 0 Å². The first-order valence-electron chi connectivity index (χ1n) is 7.88. The van der Waals surface area contributed by atoms with Gasteiger partial charge in [-0.2, -0.15) is 4.98 Å². The molecular weight excluding hydrogens is 254 g/mol. The van der Waals surface area contributed by atoms with Crippen LogP contribution in [0.2, 0.25) is 0 Å². The van der Waals surface area contributed by atoms with Crippen molar-refractivity contribution in [1.82, 2.24) is 10.1 Å². The molecule has 0 amide bonds. The standard InChI is InChI=1S/C15H23N3O2/c1-19-15(6-2-3-7-15)14-17-13(20-18-14)11-9-4-5-10(8-9)12(11)16/h9-12H,2-8,16H2,1H3. The van der Waals surface area contributed by atoms with Crippen LogP contribution in [0.15, 0.2) is 4.52 Å². The van der Waals surface area contributed by atoms with Gasteiger partial charge in [0.2, 0.25) is 11.7 Å². The van der Waals surface area contributed by atoms with Gasteiger partial charge in [-0.25, -0.2) is 0 Å². The van der Waals surface area contributed by atoms with Crippen molar-refractivity contribution in [3.05, 3.63) is 11.7 Å². The van der Waals surface area contributed by atoms with E-state index in [1.165, 1.54) is 32.1 Å². The van der Waals surface area contributed by atoms with Gasteiger partial charge in [0.05, 0.1) is 5.92 Å². The van der Waals surface area contributed by atoms with E-state index in [4.69, 9.17) is 20.0 Å². The number of hydrogen-bond acceptors (Lipinski definition) is 5. The molecule has 110 valence electrons. The molecule has 5 heteroatoms. The highest BCUT2D eigenvalue weighted by Crippen LogP contribution is 2.52. The SMILES string of the molecule is COC1(c2noc(C3C4CCC(C4)C3N)n2)CCCC1. The summed E-state index contributed by atoms with van der Waals surface area (Å²) in [7, 11) is 1.75. The number of hydrogen-bond donors (Lipinski definition) is 1. The van der Waals surface area contributed by atoms with Gasteiger partial charge in [0.1, 0.15) is 5.60 Å². The lowest BCUT2D eigenvalue weighted by molar-refractivity contribution is -0.0178. The topological polar surface area (TPSA) is 74.2 Å². The third kappa shape index (κ3) is 1.69.